The molecule has 0 unspecified atom stereocenters. The van der Waals surface area contributed by atoms with E-state index in [1.807, 2.05) is 139 Å². The van der Waals surface area contributed by atoms with Crippen LogP contribution in [0.3, 0.4) is 0 Å². The second-order valence-electron chi connectivity index (χ2n) is 16.2. The minimum absolute atomic E-state index is 0. The van der Waals surface area contributed by atoms with Gasteiger partial charge in [0.05, 0.1) is 26.9 Å². The minimum Gasteiger partial charge on any atom is -0.497 e. The lowest BCUT2D eigenvalue weighted by molar-refractivity contribution is 0.275. The van der Waals surface area contributed by atoms with Gasteiger partial charge in [0.2, 0.25) is 0 Å². The van der Waals surface area contributed by atoms with Gasteiger partial charge in [-0.1, -0.05) is 142 Å². The first-order chi connectivity index (χ1) is 34.9. The molecule has 0 aliphatic carbocycles. The zero-order valence-corrected chi connectivity index (χ0v) is 47.4. The van der Waals surface area contributed by atoms with E-state index < -0.39 is 7.12 Å². The number of rotatable bonds is 6. The van der Waals surface area contributed by atoms with Crippen molar-refractivity contribution < 1.29 is 44.4 Å². The summed E-state index contributed by atoms with van der Waals surface area (Å²) in [5, 5.41) is 56.7. The Labute approximate surface area is 449 Å². The molecule has 0 fully saturated rings. The van der Waals surface area contributed by atoms with Crippen LogP contribution in [0.1, 0.15) is 117 Å². The molecular weight excluding hydrogens is 929 g/mol. The summed E-state index contributed by atoms with van der Waals surface area (Å²) in [6.45, 7) is 22.1. The third-order valence-corrected chi connectivity index (χ3v) is 12.8. The van der Waals surface area contributed by atoms with Crippen LogP contribution >= 0.6 is 11.8 Å². The van der Waals surface area contributed by atoms with E-state index in [0.29, 0.717) is 13.2 Å². The molecule has 5 heterocycles. The zero-order valence-electron chi connectivity index (χ0n) is 46.6. The van der Waals surface area contributed by atoms with Crippen LogP contribution in [0.25, 0.3) is 0 Å². The average molecular weight is 1020 g/mol. The Bertz CT molecular complexity index is 2210. The van der Waals surface area contributed by atoms with Crippen molar-refractivity contribution in [2.45, 2.75) is 153 Å². The standard InChI is InChI=1S/C10H14BNO.C10H13BO2.C9H11BO2.C9H11BOS.C8H9BO3.5C2H6.CH4/c1-12(2)9-4-3-8-5-6-11(13)10(8)7-9;1-2-13-9-3-4-10-8(7-9)5-6-11(10)12;11-6-8-3-1-2-7-4-5-10(12)9(7)8;1-12-8-3-2-7-4-5-10(11)9(7)6-8;1-11-7-3-2-6-5-12-9(10)8(6)4-7;5*1-2;/h3-4,7,13H,5-6H2,1-2H3;3-4,7,12H,2,5-6H2,1H3;1-3,11-12H,4-6H2;2-3,6,11H,4-5H2,1H3;2-4,10H,5H2,1H3;5*1-2H3;1H4. The van der Waals surface area contributed by atoms with Crippen LogP contribution < -0.4 is 41.7 Å². The number of aliphatic hydroxyl groups is 1. The molecule has 10 nitrogen and oxygen atoms in total. The van der Waals surface area contributed by atoms with Crippen molar-refractivity contribution in [3.63, 3.8) is 0 Å². The molecule has 0 radical (unpaired) electrons. The summed E-state index contributed by atoms with van der Waals surface area (Å²) in [5.74, 6) is 1.66. The maximum Gasteiger partial charge on any atom is 0.491 e. The molecule has 16 heteroatoms. The topological polar surface area (TPSA) is 152 Å². The van der Waals surface area contributed by atoms with Gasteiger partial charge in [0.25, 0.3) is 0 Å². The van der Waals surface area contributed by atoms with Crippen molar-refractivity contribution in [3.05, 3.63) is 124 Å². The second kappa shape index (κ2) is 38.4. The maximum absolute atomic E-state index is 9.67. The van der Waals surface area contributed by atoms with Crippen molar-refractivity contribution >= 4 is 79.5 Å². The fourth-order valence-electron chi connectivity index (χ4n) is 8.57. The largest absolute Gasteiger partial charge is 0.497 e. The van der Waals surface area contributed by atoms with Gasteiger partial charge in [-0.3, -0.25) is 0 Å². The molecule has 0 atom stereocenters. The molecule has 5 aliphatic rings. The Balaban J connectivity index is 0.000000847. The Morgan fingerprint density at radius 1 is 0.562 bits per heavy atom. The lowest BCUT2D eigenvalue weighted by Crippen LogP contribution is -2.29. The van der Waals surface area contributed by atoms with Crippen molar-refractivity contribution in [1.82, 2.24) is 0 Å². The summed E-state index contributed by atoms with van der Waals surface area (Å²) in [6, 6.07) is 30.0. The van der Waals surface area contributed by atoms with Gasteiger partial charge in [-0.2, -0.15) is 0 Å². The number of fused-ring (bicyclic) bond motifs is 5. The molecule has 5 aliphatic heterocycles. The molecule has 5 aromatic carbocycles. The lowest BCUT2D eigenvalue weighted by atomic mass is 9.61. The summed E-state index contributed by atoms with van der Waals surface area (Å²) in [6.07, 6.45) is 9.44. The number of benzene rings is 5. The molecule has 0 spiro atoms. The average Bonchev–Trinajstić information content (AvgIpc) is 4.29. The molecular formula is C57H92B5NO9S. The number of hydrogen-bond acceptors (Lipinski definition) is 11. The number of aliphatic hydroxyl groups excluding tert-OH is 1. The number of hydrogen-bond donors (Lipinski definition) is 6. The number of thioether (sulfide) groups is 1. The van der Waals surface area contributed by atoms with Crippen LogP contribution in [0.2, 0.25) is 25.3 Å². The number of anilines is 1. The molecule has 6 N–H and O–H groups in total. The Morgan fingerprint density at radius 2 is 1.08 bits per heavy atom. The van der Waals surface area contributed by atoms with Gasteiger partial charge >= 0.3 is 34.8 Å². The smallest absolute Gasteiger partial charge is 0.491 e. The summed E-state index contributed by atoms with van der Waals surface area (Å²) < 4.78 is 15.4. The highest BCUT2D eigenvalue weighted by Crippen LogP contribution is 2.22. The maximum atomic E-state index is 9.67. The van der Waals surface area contributed by atoms with Crippen LogP contribution in [0.4, 0.5) is 5.69 Å². The molecule has 0 saturated heterocycles. The number of methoxy groups -OCH3 is 1. The minimum atomic E-state index is -0.782. The van der Waals surface area contributed by atoms with E-state index >= 15 is 0 Å². The fraction of sp³-hybridized carbons (Fsp3) is 0.474. The van der Waals surface area contributed by atoms with E-state index in [1.165, 1.54) is 32.8 Å². The van der Waals surface area contributed by atoms with Crippen LogP contribution in [0.5, 0.6) is 11.5 Å². The zero-order chi connectivity index (χ0) is 54.3. The quantitative estimate of drug-likeness (QED) is 0.0724. The molecule has 73 heavy (non-hydrogen) atoms. The molecule has 10 rings (SSSR count). The van der Waals surface area contributed by atoms with Gasteiger partial charge in [0.15, 0.2) is 0 Å². The van der Waals surface area contributed by atoms with Gasteiger partial charge in [-0.25, -0.2) is 0 Å². The summed E-state index contributed by atoms with van der Waals surface area (Å²) >= 11 is 1.73. The lowest BCUT2D eigenvalue weighted by Gasteiger charge is -2.14. The van der Waals surface area contributed by atoms with Crippen molar-refractivity contribution in [2.24, 2.45) is 0 Å². The van der Waals surface area contributed by atoms with E-state index in [4.69, 9.17) is 19.2 Å². The van der Waals surface area contributed by atoms with E-state index in [-0.39, 0.29) is 41.7 Å². The van der Waals surface area contributed by atoms with E-state index in [0.717, 1.165) is 101 Å². The first kappa shape index (κ1) is 68.9. The highest BCUT2D eigenvalue weighted by molar-refractivity contribution is 7.98. The van der Waals surface area contributed by atoms with Crippen LogP contribution in [0, 0.1) is 0 Å². The fourth-order valence-corrected chi connectivity index (χ4v) is 9.01. The van der Waals surface area contributed by atoms with Crippen molar-refractivity contribution in [3.8, 4) is 11.5 Å². The third-order valence-electron chi connectivity index (χ3n) is 12.1. The molecule has 0 saturated carbocycles. The summed E-state index contributed by atoms with van der Waals surface area (Å²) in [4.78, 5) is 3.31. The van der Waals surface area contributed by atoms with Gasteiger partial charge in [0, 0.05) is 24.7 Å². The SMILES string of the molecule is C.CC.CC.CC.CC.CC.CCOc1ccc2c(c1)CCB2O.CN(C)c1ccc2c(c1)B(O)CC2.COc1ccc2c(c1)B(O)OC2.CSc1ccc2c(c1)B(O)CC2.OCc1cccc2c1B(O)CC2. The first-order valence-electron chi connectivity index (χ1n) is 26.6. The molecule has 5 aromatic rings. The second-order valence-corrected chi connectivity index (χ2v) is 17.1. The van der Waals surface area contributed by atoms with Crippen molar-refractivity contribution in [2.75, 3.05) is 39.0 Å². The van der Waals surface area contributed by atoms with Gasteiger partial charge < -0.3 is 49.3 Å². The molecule has 400 valence electrons. The predicted octanol–water partition coefficient (Wildman–Crippen LogP) is 8.09. The monoisotopic (exact) mass is 1020 g/mol. The molecule has 0 bridgehead atoms. The number of nitrogens with zero attached hydrogens (tertiary/aromatic N) is 1. The highest BCUT2D eigenvalue weighted by Gasteiger charge is 2.29. The molecule has 0 amide bonds. The van der Waals surface area contributed by atoms with E-state index in [1.54, 1.807) is 24.9 Å². The summed E-state index contributed by atoms with van der Waals surface area (Å²) in [7, 11) is 4.85. The normalized spacial score (nSPS) is 12.9. The van der Waals surface area contributed by atoms with Crippen LogP contribution in [-0.2, 0) is 43.6 Å². The van der Waals surface area contributed by atoms with Gasteiger partial charge in [-0.05, 0) is 151 Å². The van der Waals surface area contributed by atoms with Crippen LogP contribution in [-0.4, -0.2) is 99.1 Å². The Morgan fingerprint density at radius 3 is 1.64 bits per heavy atom. The highest BCUT2D eigenvalue weighted by atomic mass is 32.2. The van der Waals surface area contributed by atoms with E-state index in [9.17, 15) is 25.1 Å². The summed E-state index contributed by atoms with van der Waals surface area (Å²) in [5.41, 5.74) is 13.2. The third kappa shape index (κ3) is 20.5. The van der Waals surface area contributed by atoms with Crippen LogP contribution in [0.15, 0.2) is 95.9 Å². The Hall–Kier alpha value is -4.11. The number of ether oxygens (including phenoxy) is 2. The van der Waals surface area contributed by atoms with Gasteiger partial charge in [-0.15, -0.1) is 11.8 Å². The van der Waals surface area contributed by atoms with Crippen molar-refractivity contribution in [1.29, 1.82) is 0 Å². The Kier molecular flexibility index (Phi) is 36.3. The number of aryl methyl sites for hydroxylation is 4. The first-order valence-corrected chi connectivity index (χ1v) is 27.8. The predicted molar refractivity (Wildman–Crippen MR) is 322 cm³/mol. The van der Waals surface area contributed by atoms with E-state index in [2.05, 4.69) is 47.6 Å². The molecule has 0 aromatic heterocycles. The van der Waals surface area contributed by atoms with Gasteiger partial charge in [0.1, 0.15) is 11.5 Å².